The van der Waals surface area contributed by atoms with Gasteiger partial charge in [0.05, 0.1) is 16.8 Å². The Hall–Kier alpha value is -0.810. The Morgan fingerprint density at radius 1 is 1.20 bits per heavy atom. The molecule has 0 aliphatic heterocycles. The molecule has 1 unspecified atom stereocenters. The van der Waals surface area contributed by atoms with Gasteiger partial charge in [-0.3, -0.25) is 0 Å². The lowest BCUT2D eigenvalue weighted by molar-refractivity contribution is 0.191. The zero-order valence-electron chi connectivity index (χ0n) is 10.2. The quantitative estimate of drug-likeness (QED) is 0.780. The molecule has 0 fully saturated rings. The maximum absolute atomic E-state index is 13.1. The highest BCUT2D eigenvalue weighted by Gasteiger charge is 2.13. The molecule has 0 bridgehead atoms. The molecule has 6 heteroatoms. The van der Waals surface area contributed by atoms with E-state index in [0.29, 0.717) is 20.7 Å². The van der Waals surface area contributed by atoms with Crippen molar-refractivity contribution in [3.05, 3.63) is 62.3 Å². The van der Waals surface area contributed by atoms with Crippen LogP contribution < -0.4 is 5.32 Å². The number of aliphatic hydroxyl groups is 1. The second-order valence-electron chi connectivity index (χ2n) is 4.16. The van der Waals surface area contributed by atoms with Crippen molar-refractivity contribution in [2.75, 3.05) is 11.9 Å². The van der Waals surface area contributed by atoms with Crippen LogP contribution in [0.15, 0.2) is 40.9 Å². The van der Waals surface area contributed by atoms with E-state index in [9.17, 15) is 9.50 Å². The lowest BCUT2D eigenvalue weighted by Gasteiger charge is -2.16. The van der Waals surface area contributed by atoms with Gasteiger partial charge in [-0.2, -0.15) is 0 Å². The summed E-state index contributed by atoms with van der Waals surface area (Å²) in [7, 11) is 0. The maximum atomic E-state index is 13.1. The lowest BCUT2D eigenvalue weighted by atomic mass is 10.1. The smallest absolute Gasteiger partial charge is 0.125 e. The van der Waals surface area contributed by atoms with Crippen LogP contribution in [0.1, 0.15) is 11.7 Å². The van der Waals surface area contributed by atoms with Gasteiger partial charge in [-0.25, -0.2) is 4.39 Å². The Bertz CT molecular complexity index is 601. The van der Waals surface area contributed by atoms with Gasteiger partial charge < -0.3 is 10.4 Å². The summed E-state index contributed by atoms with van der Waals surface area (Å²) in [4.78, 5) is 0. The minimum absolute atomic E-state index is 0.202. The zero-order valence-corrected chi connectivity index (χ0v) is 13.3. The van der Waals surface area contributed by atoms with E-state index < -0.39 is 11.9 Å². The number of halogens is 4. The van der Waals surface area contributed by atoms with Crippen LogP contribution in [0.25, 0.3) is 0 Å². The maximum Gasteiger partial charge on any atom is 0.125 e. The summed E-state index contributed by atoms with van der Waals surface area (Å²) >= 11 is 15.2. The molecule has 20 heavy (non-hydrogen) atoms. The van der Waals surface area contributed by atoms with Gasteiger partial charge in [-0.05, 0) is 34.1 Å². The normalized spacial score (nSPS) is 12.2. The number of benzene rings is 2. The summed E-state index contributed by atoms with van der Waals surface area (Å²) in [5, 5.41) is 13.8. The van der Waals surface area contributed by atoms with Crippen molar-refractivity contribution in [3.63, 3.8) is 0 Å². The van der Waals surface area contributed by atoms with E-state index >= 15 is 0 Å². The Morgan fingerprint density at radius 3 is 2.55 bits per heavy atom. The molecule has 2 aromatic carbocycles. The van der Waals surface area contributed by atoms with Gasteiger partial charge in [0.25, 0.3) is 0 Å². The molecule has 0 heterocycles. The third-order valence-electron chi connectivity index (χ3n) is 2.74. The molecule has 0 aliphatic rings. The van der Waals surface area contributed by atoms with E-state index in [4.69, 9.17) is 23.2 Å². The number of hydrogen-bond donors (Lipinski definition) is 2. The highest BCUT2D eigenvalue weighted by molar-refractivity contribution is 9.10. The Labute approximate surface area is 134 Å². The average molecular weight is 379 g/mol. The summed E-state index contributed by atoms with van der Waals surface area (Å²) in [6, 6.07) is 9.55. The van der Waals surface area contributed by atoms with Gasteiger partial charge in [-0.1, -0.05) is 41.4 Å². The van der Waals surface area contributed by atoms with Crippen LogP contribution in [0, 0.1) is 5.82 Å². The molecule has 0 aromatic heterocycles. The third-order valence-corrected chi connectivity index (χ3v) is 4.01. The molecular formula is C14H11BrCl2FNO. The molecule has 0 saturated heterocycles. The minimum atomic E-state index is -0.795. The average Bonchev–Trinajstić information content (AvgIpc) is 2.37. The minimum Gasteiger partial charge on any atom is -0.387 e. The number of hydrogen-bond acceptors (Lipinski definition) is 2. The van der Waals surface area contributed by atoms with Crippen LogP contribution in [0.3, 0.4) is 0 Å². The van der Waals surface area contributed by atoms with Gasteiger partial charge in [0.15, 0.2) is 0 Å². The van der Waals surface area contributed by atoms with Crippen LogP contribution in [-0.4, -0.2) is 11.7 Å². The van der Waals surface area contributed by atoms with E-state index in [1.807, 2.05) is 0 Å². The van der Waals surface area contributed by atoms with E-state index in [-0.39, 0.29) is 11.6 Å². The summed E-state index contributed by atoms with van der Waals surface area (Å²) in [6.07, 6.45) is -0.795. The predicted molar refractivity (Wildman–Crippen MR) is 84.0 cm³/mol. The number of nitrogens with one attached hydrogen (secondary N) is 1. The first-order valence-corrected chi connectivity index (χ1v) is 7.35. The molecule has 2 rings (SSSR count). The molecule has 0 aliphatic carbocycles. The van der Waals surface area contributed by atoms with Crippen molar-refractivity contribution < 1.29 is 9.50 Å². The predicted octanol–water partition coefficient (Wildman–Crippen LogP) is 5.04. The fourth-order valence-electron chi connectivity index (χ4n) is 1.77. The van der Waals surface area contributed by atoms with E-state index in [0.717, 1.165) is 0 Å². The van der Waals surface area contributed by atoms with Gasteiger partial charge in [0.1, 0.15) is 5.82 Å². The van der Waals surface area contributed by atoms with Crippen LogP contribution in [0.4, 0.5) is 10.1 Å². The fourth-order valence-corrected chi connectivity index (χ4v) is 2.99. The SMILES string of the molecule is OC(CNc1c(Cl)cc(F)cc1Br)c1ccccc1Cl. The zero-order chi connectivity index (χ0) is 14.7. The van der Waals surface area contributed by atoms with Crippen LogP contribution >= 0.6 is 39.1 Å². The molecule has 0 radical (unpaired) electrons. The third kappa shape index (κ3) is 3.64. The van der Waals surface area contributed by atoms with Gasteiger partial charge in [0.2, 0.25) is 0 Å². The highest BCUT2D eigenvalue weighted by atomic mass is 79.9. The van der Waals surface area contributed by atoms with E-state index in [1.54, 1.807) is 24.3 Å². The first kappa shape index (κ1) is 15.6. The number of anilines is 1. The van der Waals surface area contributed by atoms with Gasteiger partial charge >= 0.3 is 0 Å². The number of rotatable bonds is 4. The van der Waals surface area contributed by atoms with E-state index in [1.165, 1.54) is 12.1 Å². The van der Waals surface area contributed by atoms with Gasteiger partial charge in [0, 0.05) is 21.6 Å². The Morgan fingerprint density at radius 2 is 1.90 bits per heavy atom. The summed E-state index contributed by atoms with van der Waals surface area (Å²) in [5.74, 6) is -0.431. The molecule has 2 N–H and O–H groups in total. The fraction of sp³-hybridized carbons (Fsp3) is 0.143. The van der Waals surface area contributed by atoms with Crippen LogP contribution in [-0.2, 0) is 0 Å². The first-order chi connectivity index (χ1) is 9.49. The van der Waals surface area contributed by atoms with Crippen molar-refractivity contribution >= 4 is 44.8 Å². The molecule has 106 valence electrons. The van der Waals surface area contributed by atoms with Crippen LogP contribution in [0.5, 0.6) is 0 Å². The number of aliphatic hydroxyl groups excluding tert-OH is 1. The molecule has 2 aromatic rings. The second-order valence-corrected chi connectivity index (χ2v) is 5.83. The second kappa shape index (κ2) is 6.76. The first-order valence-electron chi connectivity index (χ1n) is 5.80. The molecule has 0 amide bonds. The Balaban J connectivity index is 2.12. The topological polar surface area (TPSA) is 32.3 Å². The monoisotopic (exact) mass is 377 g/mol. The largest absolute Gasteiger partial charge is 0.387 e. The highest BCUT2D eigenvalue weighted by Crippen LogP contribution is 2.32. The molecule has 0 spiro atoms. The molecule has 2 nitrogen and oxygen atoms in total. The van der Waals surface area contributed by atoms with E-state index in [2.05, 4.69) is 21.2 Å². The van der Waals surface area contributed by atoms with Crippen molar-refractivity contribution in [1.29, 1.82) is 0 Å². The summed E-state index contributed by atoms with van der Waals surface area (Å²) in [5.41, 5.74) is 1.15. The summed E-state index contributed by atoms with van der Waals surface area (Å²) in [6.45, 7) is 0.202. The van der Waals surface area contributed by atoms with Crippen molar-refractivity contribution in [2.24, 2.45) is 0 Å². The van der Waals surface area contributed by atoms with Crippen LogP contribution in [0.2, 0.25) is 10.0 Å². The van der Waals surface area contributed by atoms with Crippen molar-refractivity contribution in [1.82, 2.24) is 0 Å². The Kier molecular flexibility index (Phi) is 5.27. The standard InChI is InChI=1S/C14H11BrCl2FNO/c15-10-5-8(18)6-12(17)14(10)19-7-13(20)9-3-1-2-4-11(9)16/h1-6,13,19-20H,7H2. The molecular weight excluding hydrogens is 368 g/mol. The molecule has 1 atom stereocenters. The summed E-state index contributed by atoms with van der Waals surface area (Å²) < 4.78 is 13.6. The van der Waals surface area contributed by atoms with Crippen molar-refractivity contribution in [2.45, 2.75) is 6.10 Å². The lowest BCUT2D eigenvalue weighted by Crippen LogP contribution is -2.13. The molecule has 0 saturated carbocycles. The van der Waals surface area contributed by atoms with Gasteiger partial charge in [-0.15, -0.1) is 0 Å². The van der Waals surface area contributed by atoms with Crippen molar-refractivity contribution in [3.8, 4) is 0 Å².